The molecule has 1 aromatic rings. The average molecular weight is 273 g/mol. The maximum Gasteiger partial charge on any atom is 0.425 e. The number of rotatable bonds is 2. The van der Waals surface area contributed by atoms with Gasteiger partial charge in [-0.1, -0.05) is 0 Å². The van der Waals surface area contributed by atoms with Crippen molar-refractivity contribution in [2.45, 2.75) is 25.4 Å². The van der Waals surface area contributed by atoms with Gasteiger partial charge in [0.25, 0.3) is 0 Å². The number of alkyl halides is 6. The highest BCUT2D eigenvalue weighted by Gasteiger charge is 2.38. The lowest BCUT2D eigenvalue weighted by molar-refractivity contribution is -0.189. The average Bonchev–Trinajstić information content (AvgIpc) is 2.17. The van der Waals surface area contributed by atoms with Gasteiger partial charge in [-0.2, -0.15) is 26.3 Å². The predicted molar refractivity (Wildman–Crippen MR) is 52.0 cm³/mol. The van der Waals surface area contributed by atoms with Crippen molar-refractivity contribution in [3.8, 4) is 5.75 Å². The van der Waals surface area contributed by atoms with Crippen LogP contribution in [0.25, 0.3) is 0 Å². The third kappa shape index (κ3) is 3.44. The Morgan fingerprint density at radius 2 is 1.67 bits per heavy atom. The second-order valence-electron chi connectivity index (χ2n) is 3.55. The first-order valence-electron chi connectivity index (χ1n) is 4.72. The molecular formula is C10H9F6NO. The summed E-state index contributed by atoms with van der Waals surface area (Å²) in [6.45, 7) is 0.733. The molecule has 0 aliphatic rings. The van der Waals surface area contributed by atoms with E-state index in [4.69, 9.17) is 5.73 Å². The molecule has 0 amide bonds. The van der Waals surface area contributed by atoms with Gasteiger partial charge in [-0.05, 0) is 25.1 Å². The van der Waals surface area contributed by atoms with E-state index in [1.54, 1.807) is 0 Å². The normalized spacial score (nSPS) is 14.4. The second-order valence-corrected chi connectivity index (χ2v) is 3.55. The van der Waals surface area contributed by atoms with E-state index >= 15 is 0 Å². The molecule has 0 heterocycles. The number of hydrogen-bond acceptors (Lipinski definition) is 2. The van der Waals surface area contributed by atoms with Crippen LogP contribution in [0.4, 0.5) is 32.0 Å². The first kappa shape index (κ1) is 14.5. The molecule has 0 spiro atoms. The molecule has 0 aromatic heterocycles. The molecular weight excluding hydrogens is 264 g/mol. The van der Waals surface area contributed by atoms with E-state index < -0.39 is 35.5 Å². The van der Waals surface area contributed by atoms with E-state index in [0.29, 0.717) is 12.1 Å². The molecule has 1 aromatic carbocycles. The first-order chi connectivity index (χ1) is 8.01. The molecule has 102 valence electrons. The van der Waals surface area contributed by atoms with Crippen LogP contribution in [0.3, 0.4) is 0 Å². The van der Waals surface area contributed by atoms with Crippen molar-refractivity contribution in [2.75, 3.05) is 5.73 Å². The lowest BCUT2D eigenvalue weighted by Crippen LogP contribution is -2.31. The van der Waals surface area contributed by atoms with Crippen molar-refractivity contribution in [3.05, 3.63) is 23.8 Å². The summed E-state index contributed by atoms with van der Waals surface area (Å²) >= 11 is 0. The van der Waals surface area contributed by atoms with Gasteiger partial charge in [-0.15, -0.1) is 0 Å². The topological polar surface area (TPSA) is 35.2 Å². The quantitative estimate of drug-likeness (QED) is 0.659. The molecule has 0 aliphatic heterocycles. The fraction of sp³-hybridized carbons (Fsp3) is 0.400. The number of nitrogens with two attached hydrogens (primary N) is 1. The van der Waals surface area contributed by atoms with Gasteiger partial charge in [0.15, 0.2) is 6.10 Å². The van der Waals surface area contributed by atoms with Crippen molar-refractivity contribution in [1.82, 2.24) is 0 Å². The fourth-order valence-electron chi connectivity index (χ4n) is 1.09. The third-order valence-corrected chi connectivity index (χ3v) is 2.10. The molecule has 0 aliphatic carbocycles. The van der Waals surface area contributed by atoms with Gasteiger partial charge in [-0.25, -0.2) is 0 Å². The third-order valence-electron chi connectivity index (χ3n) is 2.10. The zero-order valence-electron chi connectivity index (χ0n) is 9.06. The SMILES string of the molecule is CC(Oc1ccc(C(F)(F)F)cc1N)C(F)(F)F. The van der Waals surface area contributed by atoms with Gasteiger partial charge < -0.3 is 10.5 Å². The summed E-state index contributed by atoms with van der Waals surface area (Å²) in [5, 5.41) is 0. The minimum Gasteiger partial charge on any atom is -0.479 e. The van der Waals surface area contributed by atoms with Crippen LogP contribution in [0.1, 0.15) is 12.5 Å². The van der Waals surface area contributed by atoms with Gasteiger partial charge >= 0.3 is 12.4 Å². The lowest BCUT2D eigenvalue weighted by Gasteiger charge is -2.19. The lowest BCUT2D eigenvalue weighted by atomic mass is 10.2. The minimum absolute atomic E-state index is 0.437. The first-order valence-corrected chi connectivity index (χ1v) is 4.72. The molecule has 8 heteroatoms. The predicted octanol–water partition coefficient (Wildman–Crippen LogP) is 3.62. The molecule has 1 rings (SSSR count). The highest BCUT2D eigenvalue weighted by molar-refractivity contribution is 5.54. The zero-order chi connectivity index (χ0) is 14.1. The summed E-state index contributed by atoms with van der Waals surface area (Å²) in [6.07, 6.45) is -11.4. The van der Waals surface area contributed by atoms with E-state index in [2.05, 4.69) is 4.74 Å². The molecule has 2 nitrogen and oxygen atoms in total. The van der Waals surface area contributed by atoms with E-state index in [-0.39, 0.29) is 0 Å². The summed E-state index contributed by atoms with van der Waals surface area (Å²) in [5.41, 5.74) is 3.67. The van der Waals surface area contributed by atoms with Gasteiger partial charge in [-0.3, -0.25) is 0 Å². The number of ether oxygens (including phenoxy) is 1. The van der Waals surface area contributed by atoms with Crippen LogP contribution in [-0.4, -0.2) is 12.3 Å². The highest BCUT2D eigenvalue weighted by atomic mass is 19.4. The minimum atomic E-state index is -4.62. The van der Waals surface area contributed by atoms with Crippen molar-refractivity contribution in [1.29, 1.82) is 0 Å². The number of anilines is 1. The zero-order valence-corrected chi connectivity index (χ0v) is 9.06. The summed E-state index contributed by atoms with van der Waals surface area (Å²) in [4.78, 5) is 0. The van der Waals surface area contributed by atoms with Crippen molar-refractivity contribution < 1.29 is 31.1 Å². The van der Waals surface area contributed by atoms with Gasteiger partial charge in [0.05, 0.1) is 11.3 Å². The van der Waals surface area contributed by atoms with E-state index in [0.717, 1.165) is 13.0 Å². The number of hydrogen-bond donors (Lipinski definition) is 1. The maximum absolute atomic E-state index is 12.3. The van der Waals surface area contributed by atoms with Crippen LogP contribution in [0.15, 0.2) is 18.2 Å². The maximum atomic E-state index is 12.3. The Kier molecular flexibility index (Phi) is 3.68. The van der Waals surface area contributed by atoms with Gasteiger partial charge in [0.2, 0.25) is 0 Å². The van der Waals surface area contributed by atoms with E-state index in [1.165, 1.54) is 0 Å². The van der Waals surface area contributed by atoms with E-state index in [9.17, 15) is 26.3 Å². The highest BCUT2D eigenvalue weighted by Crippen LogP contribution is 2.35. The largest absolute Gasteiger partial charge is 0.479 e. The van der Waals surface area contributed by atoms with Crippen LogP contribution in [0, 0.1) is 0 Å². The Labute approximate surface area is 98.3 Å². The van der Waals surface area contributed by atoms with E-state index in [1.807, 2.05) is 0 Å². The van der Waals surface area contributed by atoms with Gasteiger partial charge in [0.1, 0.15) is 5.75 Å². The van der Waals surface area contributed by atoms with Crippen LogP contribution in [0.2, 0.25) is 0 Å². The van der Waals surface area contributed by atoms with Crippen LogP contribution in [-0.2, 0) is 6.18 Å². The monoisotopic (exact) mass is 273 g/mol. The second kappa shape index (κ2) is 4.58. The summed E-state index contributed by atoms with van der Waals surface area (Å²) in [5.74, 6) is -0.437. The molecule has 2 N–H and O–H groups in total. The standard InChI is InChI=1S/C10H9F6NO/c1-5(9(11,12)13)18-8-3-2-6(4-7(8)17)10(14,15)16/h2-5H,17H2,1H3. The van der Waals surface area contributed by atoms with Crippen molar-refractivity contribution in [2.24, 2.45) is 0 Å². The Morgan fingerprint density at radius 1 is 1.11 bits per heavy atom. The molecule has 1 atom stereocenters. The summed E-state index contributed by atoms with van der Waals surface area (Å²) < 4.78 is 77.9. The molecule has 0 saturated heterocycles. The molecule has 1 unspecified atom stereocenters. The Bertz CT molecular complexity index is 425. The molecule has 0 fully saturated rings. The van der Waals surface area contributed by atoms with Crippen molar-refractivity contribution in [3.63, 3.8) is 0 Å². The smallest absolute Gasteiger partial charge is 0.425 e. The summed E-state index contributed by atoms with van der Waals surface area (Å²) in [6, 6.07) is 1.90. The van der Waals surface area contributed by atoms with Crippen LogP contribution >= 0.6 is 0 Å². The Morgan fingerprint density at radius 3 is 2.06 bits per heavy atom. The summed E-state index contributed by atoms with van der Waals surface area (Å²) in [7, 11) is 0. The number of nitrogen functional groups attached to an aromatic ring is 1. The van der Waals surface area contributed by atoms with Crippen LogP contribution < -0.4 is 10.5 Å². The van der Waals surface area contributed by atoms with Crippen LogP contribution in [0.5, 0.6) is 5.75 Å². The van der Waals surface area contributed by atoms with Crippen molar-refractivity contribution >= 4 is 5.69 Å². The number of benzene rings is 1. The molecule has 0 bridgehead atoms. The van der Waals surface area contributed by atoms with Gasteiger partial charge in [0, 0.05) is 0 Å². The molecule has 0 saturated carbocycles. The fourth-order valence-corrected chi connectivity index (χ4v) is 1.09. The number of halogens is 6. The molecule has 0 radical (unpaired) electrons. The Balaban J connectivity index is 2.94. The Hall–Kier alpha value is -1.60. The molecule has 18 heavy (non-hydrogen) atoms.